The number of ether oxygens (including phenoxy) is 1. The molecule has 0 radical (unpaired) electrons. The summed E-state index contributed by atoms with van der Waals surface area (Å²) in [6, 6.07) is 3.33. The molecule has 1 heterocycles. The molecule has 0 aliphatic rings. The van der Waals surface area contributed by atoms with Crippen molar-refractivity contribution in [3.05, 3.63) is 17.8 Å². The van der Waals surface area contributed by atoms with Crippen molar-refractivity contribution in [2.24, 2.45) is 0 Å². The van der Waals surface area contributed by atoms with Gasteiger partial charge in [0.1, 0.15) is 5.82 Å². The molecule has 1 amide bonds. The molecule has 0 atom stereocenters. The third-order valence-corrected chi connectivity index (χ3v) is 2.37. The molecule has 0 spiro atoms. The Morgan fingerprint density at radius 1 is 1.41 bits per heavy atom. The molecule has 1 aromatic rings. The van der Waals surface area contributed by atoms with E-state index < -0.39 is 0 Å². The third kappa shape index (κ3) is 3.99. The molecule has 2 N–H and O–H groups in total. The van der Waals surface area contributed by atoms with Crippen LogP contribution in [0.4, 0.5) is 5.82 Å². The van der Waals surface area contributed by atoms with Crippen LogP contribution in [-0.2, 0) is 4.74 Å². The van der Waals surface area contributed by atoms with Crippen molar-refractivity contribution in [1.82, 2.24) is 15.5 Å². The molecule has 6 nitrogen and oxygen atoms in total. The number of nitrogens with zero attached hydrogens (tertiary/aromatic N) is 2. The lowest BCUT2D eigenvalue weighted by molar-refractivity contribution is 0.0343. The lowest BCUT2D eigenvalue weighted by Gasteiger charge is -2.23. The minimum absolute atomic E-state index is 0.249. The van der Waals surface area contributed by atoms with E-state index in [2.05, 4.69) is 20.8 Å². The number of methoxy groups -OCH3 is 1. The summed E-state index contributed by atoms with van der Waals surface area (Å²) >= 11 is 0. The molecule has 6 heteroatoms. The summed E-state index contributed by atoms with van der Waals surface area (Å²) in [6.45, 7) is 4.54. The number of amides is 1. The Morgan fingerprint density at radius 3 is 2.59 bits per heavy atom. The van der Waals surface area contributed by atoms with Gasteiger partial charge < -0.3 is 15.4 Å². The summed E-state index contributed by atoms with van der Waals surface area (Å²) in [5.41, 5.74) is 0.0188. The number of carbonyl (C=O) groups is 1. The second-order valence-electron chi connectivity index (χ2n) is 4.20. The smallest absolute Gasteiger partial charge is 0.271 e. The summed E-state index contributed by atoms with van der Waals surface area (Å²) in [5, 5.41) is 13.3. The molecule has 17 heavy (non-hydrogen) atoms. The van der Waals surface area contributed by atoms with Gasteiger partial charge in [-0.25, -0.2) is 0 Å². The van der Waals surface area contributed by atoms with E-state index in [-0.39, 0.29) is 11.5 Å². The summed E-state index contributed by atoms with van der Waals surface area (Å²) < 4.78 is 5.26. The second-order valence-corrected chi connectivity index (χ2v) is 4.20. The Kier molecular flexibility index (Phi) is 4.39. The number of aromatic nitrogens is 2. The van der Waals surface area contributed by atoms with Crippen LogP contribution in [0, 0.1) is 0 Å². The number of hydrogen-bond acceptors (Lipinski definition) is 5. The van der Waals surface area contributed by atoms with Gasteiger partial charge in [0.05, 0.1) is 5.60 Å². The van der Waals surface area contributed by atoms with Gasteiger partial charge in [-0.3, -0.25) is 4.79 Å². The average molecular weight is 238 g/mol. The van der Waals surface area contributed by atoms with Crippen LogP contribution in [0.2, 0.25) is 0 Å². The highest BCUT2D eigenvalue weighted by atomic mass is 16.5. The predicted molar refractivity (Wildman–Crippen MR) is 65.0 cm³/mol. The third-order valence-electron chi connectivity index (χ3n) is 2.37. The lowest BCUT2D eigenvalue weighted by atomic mass is 10.1. The quantitative estimate of drug-likeness (QED) is 0.788. The van der Waals surface area contributed by atoms with Gasteiger partial charge in [0.15, 0.2) is 5.69 Å². The molecule has 0 aromatic carbocycles. The first-order valence-corrected chi connectivity index (χ1v) is 5.33. The molecule has 1 aromatic heterocycles. The van der Waals surface area contributed by atoms with Gasteiger partial charge in [-0.05, 0) is 26.0 Å². The molecule has 0 aliphatic heterocycles. The van der Waals surface area contributed by atoms with Gasteiger partial charge in [-0.2, -0.15) is 0 Å². The first kappa shape index (κ1) is 13.4. The Bertz CT molecular complexity index is 376. The van der Waals surface area contributed by atoms with Gasteiger partial charge in [0.2, 0.25) is 0 Å². The van der Waals surface area contributed by atoms with Gasteiger partial charge in [0.25, 0.3) is 5.91 Å². The van der Waals surface area contributed by atoms with E-state index >= 15 is 0 Å². The fourth-order valence-corrected chi connectivity index (χ4v) is 1.05. The van der Waals surface area contributed by atoms with Gasteiger partial charge in [0, 0.05) is 20.7 Å². The lowest BCUT2D eigenvalue weighted by Crippen LogP contribution is -2.32. The second kappa shape index (κ2) is 5.58. The van der Waals surface area contributed by atoms with Gasteiger partial charge >= 0.3 is 0 Å². The van der Waals surface area contributed by atoms with Crippen LogP contribution in [-0.4, -0.2) is 42.4 Å². The fourth-order valence-electron chi connectivity index (χ4n) is 1.05. The normalized spacial score (nSPS) is 11.1. The monoisotopic (exact) mass is 238 g/mol. The van der Waals surface area contributed by atoms with Gasteiger partial charge in [-0.15, -0.1) is 10.2 Å². The molecule has 94 valence electrons. The maximum atomic E-state index is 11.2. The average Bonchev–Trinajstić information content (AvgIpc) is 2.36. The molecular weight excluding hydrogens is 220 g/mol. The van der Waals surface area contributed by atoms with Crippen molar-refractivity contribution in [1.29, 1.82) is 0 Å². The van der Waals surface area contributed by atoms with E-state index in [1.54, 1.807) is 26.3 Å². The number of carbonyl (C=O) groups excluding carboxylic acids is 1. The van der Waals surface area contributed by atoms with E-state index in [4.69, 9.17) is 4.74 Å². The van der Waals surface area contributed by atoms with Crippen LogP contribution in [0.25, 0.3) is 0 Å². The van der Waals surface area contributed by atoms with Crippen LogP contribution in [0.1, 0.15) is 24.3 Å². The molecule has 0 saturated heterocycles. The first-order chi connectivity index (χ1) is 7.98. The zero-order chi connectivity index (χ0) is 12.9. The maximum Gasteiger partial charge on any atom is 0.271 e. The van der Waals surface area contributed by atoms with E-state index in [0.717, 1.165) is 0 Å². The summed E-state index contributed by atoms with van der Waals surface area (Å²) in [6.07, 6.45) is 0. The van der Waals surface area contributed by atoms with Crippen molar-refractivity contribution in [2.45, 2.75) is 19.4 Å². The Morgan fingerprint density at radius 2 is 2.12 bits per heavy atom. The van der Waals surface area contributed by atoms with Crippen LogP contribution in [0.5, 0.6) is 0 Å². The SMILES string of the molecule is CNC(=O)c1ccc(NCC(C)(C)OC)nn1. The molecule has 0 bridgehead atoms. The molecule has 1 rings (SSSR count). The molecule has 0 unspecified atom stereocenters. The minimum atomic E-state index is -0.277. The predicted octanol–water partition coefficient (Wildman–Crippen LogP) is 0.673. The number of rotatable bonds is 5. The largest absolute Gasteiger partial charge is 0.377 e. The Labute approximate surface area is 101 Å². The van der Waals surface area contributed by atoms with Crippen LogP contribution < -0.4 is 10.6 Å². The summed E-state index contributed by atoms with van der Waals surface area (Å²) in [7, 11) is 3.21. The zero-order valence-electron chi connectivity index (χ0n) is 10.6. The Hall–Kier alpha value is -1.69. The van der Waals surface area contributed by atoms with E-state index in [9.17, 15) is 4.79 Å². The molecule has 0 saturated carbocycles. The minimum Gasteiger partial charge on any atom is -0.377 e. The van der Waals surface area contributed by atoms with Crippen molar-refractivity contribution in [3.8, 4) is 0 Å². The highest BCUT2D eigenvalue weighted by molar-refractivity contribution is 5.91. The van der Waals surface area contributed by atoms with Crippen LogP contribution in [0.3, 0.4) is 0 Å². The first-order valence-electron chi connectivity index (χ1n) is 5.33. The van der Waals surface area contributed by atoms with Crippen LogP contribution >= 0.6 is 0 Å². The summed E-state index contributed by atoms with van der Waals surface area (Å²) in [4.78, 5) is 11.2. The number of hydrogen-bond donors (Lipinski definition) is 2. The summed E-state index contributed by atoms with van der Waals surface area (Å²) in [5.74, 6) is 0.365. The highest BCUT2D eigenvalue weighted by Crippen LogP contribution is 2.09. The van der Waals surface area contributed by atoms with Gasteiger partial charge in [-0.1, -0.05) is 0 Å². The molecular formula is C11H18N4O2. The van der Waals surface area contributed by atoms with Crippen molar-refractivity contribution in [2.75, 3.05) is 26.0 Å². The topological polar surface area (TPSA) is 76.1 Å². The maximum absolute atomic E-state index is 11.2. The fraction of sp³-hybridized carbons (Fsp3) is 0.545. The molecule has 0 aliphatic carbocycles. The van der Waals surface area contributed by atoms with E-state index in [1.807, 2.05) is 13.8 Å². The number of anilines is 1. The van der Waals surface area contributed by atoms with Crippen molar-refractivity contribution >= 4 is 11.7 Å². The van der Waals surface area contributed by atoms with Crippen molar-refractivity contribution < 1.29 is 9.53 Å². The number of nitrogens with one attached hydrogen (secondary N) is 2. The van der Waals surface area contributed by atoms with E-state index in [1.165, 1.54) is 0 Å². The zero-order valence-corrected chi connectivity index (χ0v) is 10.6. The van der Waals surface area contributed by atoms with E-state index in [0.29, 0.717) is 18.1 Å². The van der Waals surface area contributed by atoms with Crippen molar-refractivity contribution in [3.63, 3.8) is 0 Å². The van der Waals surface area contributed by atoms with Crippen LogP contribution in [0.15, 0.2) is 12.1 Å². The molecule has 0 fully saturated rings. The standard InChI is InChI=1S/C11H18N4O2/c1-11(2,17-4)7-13-9-6-5-8(14-15-9)10(16)12-3/h5-6H,7H2,1-4H3,(H,12,16)(H,13,15). The highest BCUT2D eigenvalue weighted by Gasteiger charge is 2.16. The Balaban J connectivity index is 2.60.